The number of carbonyl (C=O) groups excluding carboxylic acids is 1. The molecule has 2 N–H and O–H groups in total. The van der Waals surface area contributed by atoms with Crippen LogP contribution < -0.4 is 10.7 Å². The van der Waals surface area contributed by atoms with E-state index in [0.29, 0.717) is 34.4 Å². The van der Waals surface area contributed by atoms with E-state index in [2.05, 4.69) is 35.6 Å². The highest BCUT2D eigenvalue weighted by atomic mass is 35.5. The lowest BCUT2D eigenvalue weighted by Gasteiger charge is -2.30. The van der Waals surface area contributed by atoms with Crippen molar-refractivity contribution < 1.29 is 18.0 Å². The van der Waals surface area contributed by atoms with Crippen molar-refractivity contribution in [3.05, 3.63) is 118 Å². The van der Waals surface area contributed by atoms with Gasteiger partial charge in [0.05, 0.1) is 35.1 Å². The second-order valence-corrected chi connectivity index (χ2v) is 11.8. The fourth-order valence-electron chi connectivity index (χ4n) is 4.89. The molecule has 0 bridgehead atoms. The molecular formula is C34H34ClF3N6OS. The van der Waals surface area contributed by atoms with Crippen LogP contribution in [0.1, 0.15) is 60.6 Å². The van der Waals surface area contributed by atoms with Crippen LogP contribution in [0.3, 0.4) is 0 Å². The summed E-state index contributed by atoms with van der Waals surface area (Å²) in [6, 6.07) is 21.0. The number of aromatic nitrogens is 2. The van der Waals surface area contributed by atoms with Gasteiger partial charge in [-0.05, 0) is 84.6 Å². The summed E-state index contributed by atoms with van der Waals surface area (Å²) in [7, 11) is 0. The van der Waals surface area contributed by atoms with E-state index in [0.717, 1.165) is 24.5 Å². The molecule has 3 aromatic carbocycles. The number of alkyl halides is 3. The van der Waals surface area contributed by atoms with E-state index in [1.54, 1.807) is 53.1 Å². The molecule has 0 saturated carbocycles. The van der Waals surface area contributed by atoms with Gasteiger partial charge >= 0.3 is 6.18 Å². The van der Waals surface area contributed by atoms with Gasteiger partial charge in [-0.15, -0.1) is 0 Å². The number of hydrogen-bond acceptors (Lipinski definition) is 5. The average molecular weight is 667 g/mol. The molecule has 1 heterocycles. The highest BCUT2D eigenvalue weighted by Crippen LogP contribution is 2.35. The van der Waals surface area contributed by atoms with E-state index < -0.39 is 23.6 Å². The summed E-state index contributed by atoms with van der Waals surface area (Å²) in [6.07, 6.45) is -0.173. The van der Waals surface area contributed by atoms with Crippen molar-refractivity contribution in [1.29, 1.82) is 5.26 Å². The first-order valence-corrected chi connectivity index (χ1v) is 15.6. The zero-order valence-corrected chi connectivity index (χ0v) is 27.0. The molecule has 0 fully saturated rings. The number of nitrogens with zero attached hydrogens (tertiary/aromatic N) is 4. The Morgan fingerprint density at radius 2 is 1.80 bits per heavy atom. The van der Waals surface area contributed by atoms with Gasteiger partial charge in [0, 0.05) is 30.0 Å². The number of amides is 1. The Hall–Kier alpha value is -4.24. The van der Waals surface area contributed by atoms with Crippen LogP contribution >= 0.6 is 23.8 Å². The molecule has 2 atom stereocenters. The van der Waals surface area contributed by atoms with E-state index in [1.807, 2.05) is 0 Å². The van der Waals surface area contributed by atoms with Crippen LogP contribution in [0.2, 0.25) is 5.02 Å². The molecule has 1 amide bonds. The average Bonchev–Trinajstić information content (AvgIpc) is 3.50. The molecule has 0 aliphatic rings. The fraction of sp³-hybridized carbons (Fsp3) is 0.294. The topological polar surface area (TPSA) is 86.0 Å². The second-order valence-electron chi connectivity index (χ2n) is 11.0. The summed E-state index contributed by atoms with van der Waals surface area (Å²) in [5.41, 5.74) is 4.61. The van der Waals surface area contributed by atoms with Crippen molar-refractivity contribution in [2.45, 2.75) is 51.7 Å². The number of thiocarbonyl (C=S) groups is 1. The third-order valence-corrected chi connectivity index (χ3v) is 8.24. The molecule has 4 rings (SSSR count). The van der Waals surface area contributed by atoms with Crippen LogP contribution in [0.25, 0.3) is 0 Å². The summed E-state index contributed by atoms with van der Waals surface area (Å²) in [4.78, 5) is 18.9. The smallest absolute Gasteiger partial charge is 0.331 e. The Balaban J connectivity index is 1.75. The van der Waals surface area contributed by atoms with Crippen LogP contribution in [-0.2, 0) is 23.9 Å². The minimum absolute atomic E-state index is 0.0312. The number of halogens is 4. The number of nitrogens with one attached hydrogen (secondary N) is 2. The van der Waals surface area contributed by atoms with Gasteiger partial charge < -0.3 is 9.88 Å². The normalized spacial score (nSPS) is 12.6. The third-order valence-electron chi connectivity index (χ3n) is 7.71. The number of anilines is 1. The first kappa shape index (κ1) is 34.6. The van der Waals surface area contributed by atoms with Crippen molar-refractivity contribution in [3.8, 4) is 6.07 Å². The highest BCUT2D eigenvalue weighted by Gasteiger charge is 2.37. The monoisotopic (exact) mass is 666 g/mol. The Kier molecular flexibility index (Phi) is 11.9. The van der Waals surface area contributed by atoms with Gasteiger partial charge in [-0.1, -0.05) is 62.2 Å². The van der Waals surface area contributed by atoms with Gasteiger partial charge in [0.1, 0.15) is 0 Å². The van der Waals surface area contributed by atoms with Gasteiger partial charge in [0.15, 0.2) is 5.11 Å². The summed E-state index contributed by atoms with van der Waals surface area (Å²) in [6.45, 7) is 4.85. The maximum atomic E-state index is 14.6. The lowest BCUT2D eigenvalue weighted by molar-refractivity contribution is -0.139. The molecule has 46 heavy (non-hydrogen) atoms. The SMILES string of the molecule is CC[C@H](C)CCNN(C(=O)C(Cc1ccccc1C(F)(F)F)c1cncn1Cc1ccc(C#N)cc1)C(=S)Nc1ccc(Cl)cc1. The van der Waals surface area contributed by atoms with E-state index in [4.69, 9.17) is 23.8 Å². The standard InChI is InChI=1S/C34H34ClF3N6OS/c1-3-23(2)16-17-41-44(33(46)42-28-14-12-27(35)13-15-28)32(45)29(18-26-6-4-5-7-30(26)34(36,37)38)31-20-40-22-43(31)21-25-10-8-24(19-39)9-11-25/h4-15,20,22-23,29,41H,3,16-18,21H2,1-2H3,(H,42,46)/t23-,29?/m0/s1. The van der Waals surface area contributed by atoms with Crippen LogP contribution in [0.4, 0.5) is 18.9 Å². The number of nitriles is 1. The number of carbonyl (C=O) groups is 1. The van der Waals surface area contributed by atoms with Crippen molar-refractivity contribution in [1.82, 2.24) is 20.0 Å². The van der Waals surface area contributed by atoms with Crippen molar-refractivity contribution in [2.75, 3.05) is 11.9 Å². The Morgan fingerprint density at radius 3 is 2.46 bits per heavy atom. The van der Waals surface area contributed by atoms with Crippen molar-refractivity contribution in [3.63, 3.8) is 0 Å². The Morgan fingerprint density at radius 1 is 1.11 bits per heavy atom. The number of hydrazine groups is 1. The number of imidazole rings is 1. The summed E-state index contributed by atoms with van der Waals surface area (Å²) in [5.74, 6) is -1.29. The van der Waals surface area contributed by atoms with Gasteiger partial charge in [-0.3, -0.25) is 4.79 Å². The molecule has 0 aliphatic carbocycles. The molecule has 7 nitrogen and oxygen atoms in total. The van der Waals surface area contributed by atoms with Crippen molar-refractivity contribution >= 4 is 40.5 Å². The third kappa shape index (κ3) is 9.16. The molecule has 0 spiro atoms. The maximum absolute atomic E-state index is 14.6. The second kappa shape index (κ2) is 15.9. The molecule has 1 unspecified atom stereocenters. The van der Waals surface area contributed by atoms with Crippen LogP contribution in [0.5, 0.6) is 0 Å². The number of rotatable bonds is 12. The van der Waals surface area contributed by atoms with Gasteiger partial charge in [0.2, 0.25) is 0 Å². The Labute approximate surface area is 277 Å². The van der Waals surface area contributed by atoms with Gasteiger partial charge in [-0.2, -0.15) is 18.4 Å². The van der Waals surface area contributed by atoms with Gasteiger partial charge in [-0.25, -0.2) is 15.4 Å². The van der Waals surface area contributed by atoms with Gasteiger partial charge in [0.25, 0.3) is 5.91 Å². The first-order chi connectivity index (χ1) is 22.0. The zero-order valence-electron chi connectivity index (χ0n) is 25.4. The summed E-state index contributed by atoms with van der Waals surface area (Å²) >= 11 is 11.7. The molecular weight excluding hydrogens is 633 g/mol. The quantitative estimate of drug-likeness (QED) is 0.118. The highest BCUT2D eigenvalue weighted by molar-refractivity contribution is 7.80. The first-order valence-electron chi connectivity index (χ1n) is 14.8. The molecule has 0 radical (unpaired) electrons. The van der Waals surface area contributed by atoms with Crippen LogP contribution in [0, 0.1) is 17.2 Å². The molecule has 0 aliphatic heterocycles. The lowest BCUT2D eigenvalue weighted by Crippen LogP contribution is -2.51. The van der Waals surface area contributed by atoms with Crippen LogP contribution in [0.15, 0.2) is 85.3 Å². The largest absolute Gasteiger partial charge is 0.416 e. The predicted octanol–water partition coefficient (Wildman–Crippen LogP) is 7.97. The molecule has 240 valence electrons. The van der Waals surface area contributed by atoms with Crippen LogP contribution in [-0.4, -0.2) is 32.1 Å². The van der Waals surface area contributed by atoms with E-state index in [-0.39, 0.29) is 23.6 Å². The molecule has 0 saturated heterocycles. The summed E-state index contributed by atoms with van der Waals surface area (Å²) in [5, 5.41) is 14.0. The van der Waals surface area contributed by atoms with Crippen molar-refractivity contribution in [2.24, 2.45) is 5.92 Å². The lowest BCUT2D eigenvalue weighted by atomic mass is 9.92. The molecule has 4 aromatic rings. The minimum atomic E-state index is -4.62. The number of benzene rings is 3. The molecule has 1 aromatic heterocycles. The zero-order chi connectivity index (χ0) is 33.3. The maximum Gasteiger partial charge on any atom is 0.416 e. The minimum Gasteiger partial charge on any atom is -0.331 e. The fourth-order valence-corrected chi connectivity index (χ4v) is 5.29. The molecule has 12 heteroatoms. The van der Waals surface area contributed by atoms with E-state index in [1.165, 1.54) is 35.7 Å². The summed E-state index contributed by atoms with van der Waals surface area (Å²) < 4.78 is 44.1. The number of hydrogen-bond donors (Lipinski definition) is 2. The Bertz CT molecular complexity index is 1670. The predicted molar refractivity (Wildman–Crippen MR) is 177 cm³/mol. The van der Waals surface area contributed by atoms with E-state index >= 15 is 0 Å². The van der Waals surface area contributed by atoms with E-state index in [9.17, 15) is 23.2 Å².